The molecule has 1 saturated carbocycles. The number of aromatic nitrogens is 1. The highest BCUT2D eigenvalue weighted by molar-refractivity contribution is 7.15. The van der Waals surface area contributed by atoms with Crippen molar-refractivity contribution in [3.63, 3.8) is 0 Å². The summed E-state index contributed by atoms with van der Waals surface area (Å²) >= 11 is 3.47. The van der Waals surface area contributed by atoms with Crippen LogP contribution in [0.25, 0.3) is 10.6 Å². The van der Waals surface area contributed by atoms with Gasteiger partial charge in [0.2, 0.25) is 0 Å². The molecule has 96 valence electrons. The Hall–Kier alpha value is -0.750. The zero-order valence-electron chi connectivity index (χ0n) is 10.1. The fourth-order valence-corrected chi connectivity index (χ4v) is 3.71. The Bertz CT molecular complexity index is 491. The highest BCUT2D eigenvalue weighted by Gasteiger charge is 2.28. The zero-order valence-corrected chi connectivity index (χ0v) is 11.7. The number of aliphatic hydroxyl groups excluding tert-OH is 1. The molecular weight excluding hydrogens is 264 g/mol. The predicted molar refractivity (Wildman–Crippen MR) is 75.9 cm³/mol. The third-order valence-electron chi connectivity index (χ3n) is 3.13. The Kier molecular flexibility index (Phi) is 3.75. The lowest BCUT2D eigenvalue weighted by Gasteiger charge is -2.19. The molecule has 1 aliphatic rings. The van der Waals surface area contributed by atoms with Crippen LogP contribution in [0.1, 0.15) is 17.7 Å². The number of thiophene rings is 1. The van der Waals surface area contributed by atoms with Gasteiger partial charge in [-0.05, 0) is 24.3 Å². The first-order valence-electron chi connectivity index (χ1n) is 6.19. The van der Waals surface area contributed by atoms with Gasteiger partial charge in [-0.1, -0.05) is 0 Å². The van der Waals surface area contributed by atoms with Crippen LogP contribution in [0.5, 0.6) is 0 Å². The van der Waals surface area contributed by atoms with Crippen molar-refractivity contribution in [1.29, 1.82) is 0 Å². The van der Waals surface area contributed by atoms with E-state index in [1.54, 1.807) is 22.7 Å². The number of rotatable bonds is 6. The zero-order chi connectivity index (χ0) is 12.4. The highest BCUT2D eigenvalue weighted by Crippen LogP contribution is 2.31. The molecule has 1 fully saturated rings. The van der Waals surface area contributed by atoms with E-state index in [0.717, 1.165) is 18.1 Å². The third kappa shape index (κ3) is 2.80. The molecule has 0 atom stereocenters. The fraction of sp³-hybridized carbons (Fsp3) is 0.462. The van der Waals surface area contributed by atoms with Crippen molar-refractivity contribution in [3.8, 4) is 10.6 Å². The minimum absolute atomic E-state index is 0.243. The van der Waals surface area contributed by atoms with Gasteiger partial charge in [0.25, 0.3) is 0 Å². The normalized spacial score (nSPS) is 15.4. The number of thiazole rings is 1. The maximum absolute atomic E-state index is 9.09. The van der Waals surface area contributed by atoms with E-state index in [9.17, 15) is 0 Å². The van der Waals surface area contributed by atoms with E-state index in [2.05, 4.69) is 26.7 Å². The minimum atomic E-state index is 0.243. The van der Waals surface area contributed by atoms with Crippen molar-refractivity contribution in [2.45, 2.75) is 25.4 Å². The molecule has 0 spiro atoms. The second kappa shape index (κ2) is 5.48. The first-order valence-corrected chi connectivity index (χ1v) is 7.95. The van der Waals surface area contributed by atoms with E-state index in [-0.39, 0.29) is 6.61 Å². The van der Waals surface area contributed by atoms with Crippen LogP contribution in [-0.2, 0) is 6.54 Å². The first kappa shape index (κ1) is 12.3. The average molecular weight is 280 g/mol. The summed E-state index contributed by atoms with van der Waals surface area (Å²) < 4.78 is 0. The summed E-state index contributed by atoms with van der Waals surface area (Å²) in [5.74, 6) is 0. The molecule has 0 radical (unpaired) electrons. The third-order valence-corrected chi connectivity index (χ3v) is 4.85. The molecule has 0 unspecified atom stereocenters. The SMILES string of the molecule is OCCN(Cc1cnc(-c2ccsc2)s1)C1CC1. The Balaban J connectivity index is 1.69. The molecule has 0 aliphatic heterocycles. The second-order valence-corrected chi connectivity index (χ2v) is 6.46. The van der Waals surface area contributed by atoms with Crippen LogP contribution in [0, 0.1) is 0 Å². The monoisotopic (exact) mass is 280 g/mol. The van der Waals surface area contributed by atoms with Crippen LogP contribution in [0.2, 0.25) is 0 Å². The van der Waals surface area contributed by atoms with Gasteiger partial charge in [-0.25, -0.2) is 4.98 Å². The van der Waals surface area contributed by atoms with E-state index in [1.165, 1.54) is 23.3 Å². The van der Waals surface area contributed by atoms with Gasteiger partial charge in [0.05, 0.1) is 6.61 Å². The molecule has 0 aromatic carbocycles. The minimum Gasteiger partial charge on any atom is -0.395 e. The molecule has 2 aromatic rings. The number of aliphatic hydroxyl groups is 1. The standard InChI is InChI=1S/C13H16N2OS2/c16-5-4-15(11-1-2-11)8-12-7-14-13(18-12)10-3-6-17-9-10/h3,6-7,9,11,16H,1-2,4-5,8H2. The quantitative estimate of drug-likeness (QED) is 0.884. The lowest BCUT2D eigenvalue weighted by atomic mass is 10.4. The Labute approximate surface area is 115 Å². The van der Waals surface area contributed by atoms with Crippen molar-refractivity contribution >= 4 is 22.7 Å². The van der Waals surface area contributed by atoms with Crippen molar-refractivity contribution in [3.05, 3.63) is 27.9 Å². The van der Waals surface area contributed by atoms with Crippen LogP contribution in [0.4, 0.5) is 0 Å². The summed E-state index contributed by atoms with van der Waals surface area (Å²) in [6.45, 7) is 1.94. The van der Waals surface area contributed by atoms with E-state index in [0.29, 0.717) is 6.04 Å². The van der Waals surface area contributed by atoms with E-state index < -0.39 is 0 Å². The molecule has 18 heavy (non-hydrogen) atoms. The maximum atomic E-state index is 9.09. The summed E-state index contributed by atoms with van der Waals surface area (Å²) in [4.78, 5) is 8.14. The van der Waals surface area contributed by atoms with E-state index in [4.69, 9.17) is 5.11 Å². The van der Waals surface area contributed by atoms with Crippen LogP contribution in [0.3, 0.4) is 0 Å². The van der Waals surface area contributed by atoms with Gasteiger partial charge in [-0.2, -0.15) is 11.3 Å². The first-order chi connectivity index (χ1) is 8.86. The van der Waals surface area contributed by atoms with Crippen LogP contribution in [-0.4, -0.2) is 34.2 Å². The van der Waals surface area contributed by atoms with Gasteiger partial charge >= 0.3 is 0 Å². The van der Waals surface area contributed by atoms with Gasteiger partial charge in [-0.15, -0.1) is 11.3 Å². The molecule has 3 rings (SSSR count). The van der Waals surface area contributed by atoms with Gasteiger partial charge in [-0.3, -0.25) is 4.90 Å². The van der Waals surface area contributed by atoms with Crippen LogP contribution in [0.15, 0.2) is 23.0 Å². The van der Waals surface area contributed by atoms with Gasteiger partial charge in [0.15, 0.2) is 0 Å². The summed E-state index contributed by atoms with van der Waals surface area (Å²) in [5.41, 5.74) is 1.22. The van der Waals surface area contributed by atoms with Crippen LogP contribution < -0.4 is 0 Å². The van der Waals surface area contributed by atoms with Crippen molar-refractivity contribution in [2.24, 2.45) is 0 Å². The lowest BCUT2D eigenvalue weighted by molar-refractivity contribution is 0.184. The largest absolute Gasteiger partial charge is 0.395 e. The molecule has 1 aliphatic carbocycles. The van der Waals surface area contributed by atoms with E-state index >= 15 is 0 Å². The van der Waals surface area contributed by atoms with Crippen LogP contribution >= 0.6 is 22.7 Å². The Morgan fingerprint density at radius 1 is 1.44 bits per heavy atom. The molecule has 1 N–H and O–H groups in total. The molecule has 0 bridgehead atoms. The van der Waals surface area contributed by atoms with E-state index in [1.807, 2.05) is 6.20 Å². The summed E-state index contributed by atoms with van der Waals surface area (Å²) in [7, 11) is 0. The summed E-state index contributed by atoms with van der Waals surface area (Å²) in [5, 5.41) is 14.4. The Morgan fingerprint density at radius 3 is 3.00 bits per heavy atom. The van der Waals surface area contributed by atoms with Crippen molar-refractivity contribution in [1.82, 2.24) is 9.88 Å². The number of nitrogens with zero attached hydrogens (tertiary/aromatic N) is 2. The topological polar surface area (TPSA) is 36.4 Å². The lowest BCUT2D eigenvalue weighted by Crippen LogP contribution is -2.28. The smallest absolute Gasteiger partial charge is 0.124 e. The molecule has 0 amide bonds. The summed E-state index contributed by atoms with van der Waals surface area (Å²) in [6, 6.07) is 2.79. The Morgan fingerprint density at radius 2 is 2.33 bits per heavy atom. The number of hydrogen-bond acceptors (Lipinski definition) is 5. The molecule has 3 nitrogen and oxygen atoms in total. The average Bonchev–Trinajstić information content (AvgIpc) is 2.90. The number of hydrogen-bond donors (Lipinski definition) is 1. The summed E-state index contributed by atoms with van der Waals surface area (Å²) in [6.07, 6.45) is 4.52. The van der Waals surface area contributed by atoms with Gasteiger partial charge in [0, 0.05) is 41.1 Å². The molecular formula is C13H16N2OS2. The second-order valence-electron chi connectivity index (χ2n) is 4.57. The highest BCUT2D eigenvalue weighted by atomic mass is 32.1. The maximum Gasteiger partial charge on any atom is 0.124 e. The van der Waals surface area contributed by atoms with Gasteiger partial charge < -0.3 is 5.11 Å². The van der Waals surface area contributed by atoms with Crippen molar-refractivity contribution in [2.75, 3.05) is 13.2 Å². The van der Waals surface area contributed by atoms with Crippen molar-refractivity contribution < 1.29 is 5.11 Å². The fourth-order valence-electron chi connectivity index (χ4n) is 2.06. The molecule has 0 saturated heterocycles. The predicted octanol–water partition coefficient (Wildman–Crippen LogP) is 2.83. The van der Waals surface area contributed by atoms with Gasteiger partial charge in [0.1, 0.15) is 5.01 Å². The molecule has 2 aromatic heterocycles. The molecule has 5 heteroatoms. The molecule has 2 heterocycles.